The van der Waals surface area contributed by atoms with Crippen LogP contribution in [0, 0.1) is 6.92 Å². The van der Waals surface area contributed by atoms with Crippen LogP contribution in [0.1, 0.15) is 24.8 Å². The van der Waals surface area contributed by atoms with Crippen LogP contribution in [-0.4, -0.2) is 42.6 Å². The van der Waals surface area contributed by atoms with Crippen LogP contribution in [0.2, 0.25) is 5.02 Å². The molecule has 1 N–H and O–H groups in total. The summed E-state index contributed by atoms with van der Waals surface area (Å²) in [6.07, 6.45) is 3.27. The van der Waals surface area contributed by atoms with Crippen molar-refractivity contribution in [3.05, 3.63) is 28.8 Å². The van der Waals surface area contributed by atoms with Crippen LogP contribution in [0.5, 0.6) is 5.75 Å². The molecule has 0 aliphatic carbocycles. The number of hydrogen-bond donors (Lipinski definition) is 1. The molecule has 2 atom stereocenters. The van der Waals surface area contributed by atoms with E-state index in [1.807, 2.05) is 24.0 Å². The van der Waals surface area contributed by atoms with Crippen molar-refractivity contribution in [2.24, 2.45) is 0 Å². The van der Waals surface area contributed by atoms with Gasteiger partial charge in [0, 0.05) is 23.7 Å². The van der Waals surface area contributed by atoms with E-state index in [-0.39, 0.29) is 24.9 Å². The van der Waals surface area contributed by atoms with E-state index in [2.05, 4.69) is 5.32 Å². The normalized spacial score (nSPS) is 23.6. The van der Waals surface area contributed by atoms with Gasteiger partial charge in [0.15, 0.2) is 6.61 Å². The van der Waals surface area contributed by atoms with Gasteiger partial charge in [-0.25, -0.2) is 0 Å². The smallest absolute Gasteiger partial charge is 0.261 e. The molecular weight excluding hydrogens is 323 g/mol. The molecule has 0 radical (unpaired) electrons. The third kappa shape index (κ3) is 3.67. The van der Waals surface area contributed by atoms with Crippen molar-refractivity contribution < 1.29 is 9.53 Å². The molecule has 1 aromatic carbocycles. The summed E-state index contributed by atoms with van der Waals surface area (Å²) < 4.78 is 5.70. The van der Waals surface area contributed by atoms with Crippen LogP contribution in [-0.2, 0) is 4.79 Å². The molecule has 2 unspecified atom stereocenters. The molecule has 2 bridgehead atoms. The lowest BCUT2D eigenvalue weighted by molar-refractivity contribution is -0.136. The predicted molar refractivity (Wildman–Crippen MR) is 90.1 cm³/mol. The van der Waals surface area contributed by atoms with Crippen LogP contribution in [0.4, 0.5) is 0 Å². The molecule has 2 fully saturated rings. The van der Waals surface area contributed by atoms with Gasteiger partial charge in [0.05, 0.1) is 0 Å². The van der Waals surface area contributed by atoms with Crippen molar-refractivity contribution >= 4 is 29.9 Å². The highest BCUT2D eigenvalue weighted by Crippen LogP contribution is 2.28. The quantitative estimate of drug-likeness (QED) is 0.916. The fourth-order valence-corrected chi connectivity index (χ4v) is 3.60. The van der Waals surface area contributed by atoms with Crippen LogP contribution >= 0.6 is 24.0 Å². The van der Waals surface area contributed by atoms with Crippen LogP contribution in [0.25, 0.3) is 0 Å². The highest BCUT2D eigenvalue weighted by molar-refractivity contribution is 6.30. The van der Waals surface area contributed by atoms with Gasteiger partial charge < -0.3 is 15.0 Å². The number of halogens is 2. The fraction of sp³-hybridized carbons (Fsp3) is 0.562. The Balaban J connectivity index is 0.00000176. The van der Waals surface area contributed by atoms with E-state index in [0.717, 1.165) is 43.7 Å². The Kier molecular flexibility index (Phi) is 5.95. The zero-order valence-electron chi connectivity index (χ0n) is 12.7. The zero-order chi connectivity index (χ0) is 14.8. The van der Waals surface area contributed by atoms with Gasteiger partial charge in [-0.05, 0) is 56.5 Å². The Hall–Kier alpha value is -0.970. The molecule has 4 nitrogen and oxygen atoms in total. The summed E-state index contributed by atoms with van der Waals surface area (Å²) in [5.74, 6) is 0.827. The van der Waals surface area contributed by atoms with Gasteiger partial charge in [-0.15, -0.1) is 12.4 Å². The van der Waals surface area contributed by atoms with Crippen molar-refractivity contribution in [2.45, 2.75) is 38.3 Å². The van der Waals surface area contributed by atoms with Crippen LogP contribution in [0.3, 0.4) is 0 Å². The first-order chi connectivity index (χ1) is 10.1. The number of ether oxygens (including phenoxy) is 1. The largest absolute Gasteiger partial charge is 0.483 e. The number of nitrogens with zero attached hydrogens (tertiary/aromatic N) is 1. The molecular formula is C16H22Cl2N2O2. The van der Waals surface area contributed by atoms with Gasteiger partial charge in [0.25, 0.3) is 5.91 Å². The van der Waals surface area contributed by atoms with E-state index >= 15 is 0 Å². The Bertz CT molecular complexity index is 525. The van der Waals surface area contributed by atoms with E-state index in [1.54, 1.807) is 6.07 Å². The average Bonchev–Trinajstić information content (AvgIpc) is 2.71. The lowest BCUT2D eigenvalue weighted by atomic mass is 10.1. The minimum Gasteiger partial charge on any atom is -0.483 e. The van der Waals surface area contributed by atoms with Crippen LogP contribution in [0.15, 0.2) is 18.2 Å². The molecule has 3 rings (SSSR count). The van der Waals surface area contributed by atoms with E-state index in [0.29, 0.717) is 17.1 Å². The van der Waals surface area contributed by atoms with E-state index in [9.17, 15) is 4.79 Å². The molecule has 0 spiro atoms. The number of hydrogen-bond acceptors (Lipinski definition) is 3. The number of carbonyl (C=O) groups excluding carboxylic acids is 1. The van der Waals surface area contributed by atoms with Gasteiger partial charge in [0.2, 0.25) is 0 Å². The molecule has 1 amide bonds. The highest BCUT2D eigenvalue weighted by atomic mass is 35.5. The third-order valence-corrected chi connectivity index (χ3v) is 4.67. The van der Waals surface area contributed by atoms with Crippen molar-refractivity contribution in [1.29, 1.82) is 0 Å². The molecule has 6 heteroatoms. The number of rotatable bonds is 3. The summed E-state index contributed by atoms with van der Waals surface area (Å²) in [5, 5.41) is 4.09. The Labute approximate surface area is 142 Å². The summed E-state index contributed by atoms with van der Waals surface area (Å²) >= 11 is 5.93. The average molecular weight is 345 g/mol. The van der Waals surface area contributed by atoms with E-state index < -0.39 is 0 Å². The van der Waals surface area contributed by atoms with Gasteiger partial charge in [0.1, 0.15) is 5.75 Å². The molecule has 2 saturated heterocycles. The Morgan fingerprint density at radius 2 is 2.14 bits per heavy atom. The maximum atomic E-state index is 12.5. The van der Waals surface area contributed by atoms with Crippen molar-refractivity contribution in [3.63, 3.8) is 0 Å². The lowest BCUT2D eigenvalue weighted by Crippen LogP contribution is -2.44. The van der Waals surface area contributed by atoms with Gasteiger partial charge >= 0.3 is 0 Å². The number of amides is 1. The summed E-state index contributed by atoms with van der Waals surface area (Å²) in [5.41, 5.74) is 0.954. The lowest BCUT2D eigenvalue weighted by Gasteiger charge is -2.27. The number of carbonyl (C=O) groups is 1. The second-order valence-corrected chi connectivity index (χ2v) is 6.31. The summed E-state index contributed by atoms with van der Waals surface area (Å²) in [6, 6.07) is 6.17. The molecule has 0 aromatic heterocycles. The second kappa shape index (κ2) is 7.53. The Morgan fingerprint density at radius 3 is 2.91 bits per heavy atom. The second-order valence-electron chi connectivity index (χ2n) is 5.88. The molecule has 0 saturated carbocycles. The molecule has 1 aromatic rings. The maximum absolute atomic E-state index is 12.5. The van der Waals surface area contributed by atoms with Crippen molar-refractivity contribution in [3.8, 4) is 5.75 Å². The maximum Gasteiger partial charge on any atom is 0.261 e. The zero-order valence-corrected chi connectivity index (χ0v) is 14.3. The minimum absolute atomic E-state index is 0. The third-order valence-electron chi connectivity index (χ3n) is 4.43. The first kappa shape index (κ1) is 17.4. The summed E-state index contributed by atoms with van der Waals surface area (Å²) in [6.45, 7) is 3.95. The number of fused-ring (bicyclic) bond motifs is 2. The first-order valence-electron chi connectivity index (χ1n) is 7.56. The van der Waals surface area contributed by atoms with Gasteiger partial charge in [-0.3, -0.25) is 4.79 Å². The molecule has 2 aliphatic heterocycles. The van der Waals surface area contributed by atoms with E-state index in [1.165, 1.54) is 0 Å². The SMILES string of the molecule is Cc1cc(Cl)ccc1OCC(=O)N1C2CCNCC1CC2.Cl. The number of aryl methyl sites for hydroxylation is 1. The standard InChI is InChI=1S/C16H21ClN2O2.ClH/c1-11-8-12(17)2-5-15(11)21-10-16(20)19-13-3-4-14(19)9-18-7-6-13;/h2,5,8,13-14,18H,3-4,6-7,9-10H2,1H3;1H. The summed E-state index contributed by atoms with van der Waals surface area (Å²) in [4.78, 5) is 14.6. The van der Waals surface area contributed by atoms with Gasteiger partial charge in [-0.2, -0.15) is 0 Å². The minimum atomic E-state index is 0. The fourth-order valence-electron chi connectivity index (χ4n) is 3.38. The first-order valence-corrected chi connectivity index (χ1v) is 7.94. The molecule has 2 heterocycles. The number of nitrogens with one attached hydrogen (secondary N) is 1. The predicted octanol–water partition coefficient (Wildman–Crippen LogP) is 2.80. The Morgan fingerprint density at radius 1 is 1.36 bits per heavy atom. The number of benzene rings is 1. The molecule has 2 aliphatic rings. The topological polar surface area (TPSA) is 41.6 Å². The monoisotopic (exact) mass is 344 g/mol. The molecule has 122 valence electrons. The van der Waals surface area contributed by atoms with Crippen LogP contribution < -0.4 is 10.1 Å². The highest BCUT2D eigenvalue weighted by Gasteiger charge is 2.37. The van der Waals surface area contributed by atoms with Gasteiger partial charge in [-0.1, -0.05) is 11.6 Å². The summed E-state index contributed by atoms with van der Waals surface area (Å²) in [7, 11) is 0. The van der Waals surface area contributed by atoms with E-state index in [4.69, 9.17) is 16.3 Å². The van der Waals surface area contributed by atoms with Crippen molar-refractivity contribution in [2.75, 3.05) is 19.7 Å². The van der Waals surface area contributed by atoms with Crippen molar-refractivity contribution in [1.82, 2.24) is 10.2 Å². The molecule has 22 heavy (non-hydrogen) atoms.